The molecule has 106 valence electrons. The Balaban J connectivity index is 2.53. The second kappa shape index (κ2) is 7.35. The van der Waals surface area contributed by atoms with Crippen LogP contribution in [0.3, 0.4) is 0 Å². The summed E-state index contributed by atoms with van der Waals surface area (Å²) >= 11 is 0. The van der Waals surface area contributed by atoms with Crippen molar-refractivity contribution in [2.75, 3.05) is 25.2 Å². The first-order chi connectivity index (χ1) is 8.94. The van der Waals surface area contributed by atoms with Crippen molar-refractivity contribution in [3.8, 4) is 0 Å². The first kappa shape index (κ1) is 15.8. The molecule has 0 spiro atoms. The molecule has 0 aromatic heterocycles. The van der Waals surface area contributed by atoms with E-state index in [1.54, 1.807) is 6.07 Å². The zero-order valence-corrected chi connectivity index (χ0v) is 11.6. The Morgan fingerprint density at radius 3 is 2.63 bits per heavy atom. The Morgan fingerprint density at radius 1 is 1.32 bits per heavy atom. The van der Waals surface area contributed by atoms with E-state index in [1.807, 2.05) is 0 Å². The molecule has 0 N–H and O–H groups in total. The lowest BCUT2D eigenvalue weighted by atomic mass is 10.1. The molecule has 6 heteroatoms. The zero-order valence-electron chi connectivity index (χ0n) is 10.8. The van der Waals surface area contributed by atoms with Crippen molar-refractivity contribution >= 4 is 15.6 Å². The van der Waals surface area contributed by atoms with E-state index in [0.717, 1.165) is 0 Å². The highest BCUT2D eigenvalue weighted by atomic mass is 32.2. The van der Waals surface area contributed by atoms with Crippen LogP contribution in [0.25, 0.3) is 0 Å². The van der Waals surface area contributed by atoms with E-state index < -0.39 is 27.2 Å². The quantitative estimate of drug-likeness (QED) is 0.678. The monoisotopic (exact) mass is 288 g/mol. The Morgan fingerprint density at radius 2 is 2.00 bits per heavy atom. The molecular weight excluding hydrogens is 271 g/mol. The van der Waals surface area contributed by atoms with Crippen molar-refractivity contribution in [1.29, 1.82) is 0 Å². The van der Waals surface area contributed by atoms with E-state index in [4.69, 9.17) is 4.74 Å². The number of hydrogen-bond donors (Lipinski definition) is 0. The summed E-state index contributed by atoms with van der Waals surface area (Å²) in [5.74, 6) is -1.63. The first-order valence-corrected chi connectivity index (χ1v) is 7.71. The van der Waals surface area contributed by atoms with Crippen LogP contribution in [-0.4, -0.2) is 39.4 Å². The number of methoxy groups -OCH3 is 1. The number of ether oxygens (including phenoxy) is 1. The summed E-state index contributed by atoms with van der Waals surface area (Å²) in [4.78, 5) is 11.6. The van der Waals surface area contributed by atoms with Crippen molar-refractivity contribution in [2.45, 2.75) is 12.8 Å². The number of rotatable bonds is 8. The molecule has 19 heavy (non-hydrogen) atoms. The summed E-state index contributed by atoms with van der Waals surface area (Å²) in [6.07, 6.45) is 0.155. The SMILES string of the molecule is COCCCS(=O)(=O)CC(=O)Cc1ccccc1F. The van der Waals surface area contributed by atoms with Gasteiger partial charge in [0.25, 0.3) is 0 Å². The second-order valence-corrected chi connectivity index (χ2v) is 6.43. The molecular formula is C13H17FO4S. The van der Waals surface area contributed by atoms with Gasteiger partial charge in [-0.25, -0.2) is 12.8 Å². The highest BCUT2D eigenvalue weighted by Gasteiger charge is 2.17. The predicted molar refractivity (Wildman–Crippen MR) is 70.3 cm³/mol. The fourth-order valence-electron chi connectivity index (χ4n) is 1.65. The molecule has 4 nitrogen and oxygen atoms in total. The number of hydrogen-bond acceptors (Lipinski definition) is 4. The molecule has 1 rings (SSSR count). The molecule has 0 radical (unpaired) electrons. The van der Waals surface area contributed by atoms with Crippen LogP contribution in [0, 0.1) is 5.82 Å². The zero-order chi connectivity index (χ0) is 14.3. The van der Waals surface area contributed by atoms with Crippen LogP contribution in [0.2, 0.25) is 0 Å². The average molecular weight is 288 g/mol. The molecule has 0 saturated carbocycles. The van der Waals surface area contributed by atoms with Crippen LogP contribution in [0.5, 0.6) is 0 Å². The maximum absolute atomic E-state index is 13.3. The molecule has 1 aromatic rings. The van der Waals surface area contributed by atoms with Crippen LogP contribution < -0.4 is 0 Å². The molecule has 0 aliphatic carbocycles. The first-order valence-electron chi connectivity index (χ1n) is 5.89. The molecule has 0 amide bonds. The Kier molecular flexibility index (Phi) is 6.11. The summed E-state index contributed by atoms with van der Waals surface area (Å²) in [5.41, 5.74) is 0.222. The van der Waals surface area contributed by atoms with Crippen LogP contribution in [0.15, 0.2) is 24.3 Å². The Bertz CT molecular complexity index is 525. The summed E-state index contributed by atoms with van der Waals surface area (Å²) in [5, 5.41) is 0. The summed E-state index contributed by atoms with van der Waals surface area (Å²) in [6, 6.07) is 5.85. The predicted octanol–water partition coefficient (Wildman–Crippen LogP) is 1.39. The molecule has 1 aromatic carbocycles. The third kappa shape index (κ3) is 5.94. The molecule has 0 fully saturated rings. The van der Waals surface area contributed by atoms with Gasteiger partial charge in [-0.1, -0.05) is 18.2 Å². The van der Waals surface area contributed by atoms with Gasteiger partial charge in [-0.05, 0) is 18.1 Å². The van der Waals surface area contributed by atoms with Crippen LogP contribution >= 0.6 is 0 Å². The Labute approximate surface area is 112 Å². The number of carbonyl (C=O) groups excluding carboxylic acids is 1. The van der Waals surface area contributed by atoms with Gasteiger partial charge in [0.2, 0.25) is 0 Å². The van der Waals surface area contributed by atoms with Crippen molar-refractivity contribution in [1.82, 2.24) is 0 Å². The summed E-state index contributed by atoms with van der Waals surface area (Å²) in [7, 11) is -1.96. The fraction of sp³-hybridized carbons (Fsp3) is 0.462. The van der Waals surface area contributed by atoms with Gasteiger partial charge < -0.3 is 4.74 Å². The lowest BCUT2D eigenvalue weighted by Crippen LogP contribution is -2.21. The fourth-order valence-corrected chi connectivity index (χ4v) is 2.94. The van der Waals surface area contributed by atoms with Gasteiger partial charge in [-0.3, -0.25) is 4.79 Å². The molecule has 0 atom stereocenters. The van der Waals surface area contributed by atoms with Gasteiger partial charge in [-0.15, -0.1) is 0 Å². The van der Waals surface area contributed by atoms with Gasteiger partial charge in [0.1, 0.15) is 11.6 Å². The third-order valence-corrected chi connectivity index (χ3v) is 4.20. The topological polar surface area (TPSA) is 60.4 Å². The molecule has 0 saturated heterocycles. The molecule has 0 heterocycles. The van der Waals surface area contributed by atoms with E-state index in [-0.39, 0.29) is 17.7 Å². The van der Waals surface area contributed by atoms with Crippen molar-refractivity contribution < 1.29 is 22.3 Å². The van der Waals surface area contributed by atoms with E-state index in [0.29, 0.717) is 13.0 Å². The smallest absolute Gasteiger partial charge is 0.157 e. The molecule has 0 aliphatic rings. The highest BCUT2D eigenvalue weighted by Crippen LogP contribution is 2.08. The largest absolute Gasteiger partial charge is 0.385 e. The van der Waals surface area contributed by atoms with Gasteiger partial charge in [0.05, 0.1) is 5.75 Å². The molecule has 0 unspecified atom stereocenters. The average Bonchev–Trinajstić information content (AvgIpc) is 2.31. The highest BCUT2D eigenvalue weighted by molar-refractivity contribution is 7.92. The summed E-state index contributed by atoms with van der Waals surface area (Å²) < 4.78 is 41.3. The van der Waals surface area contributed by atoms with Crippen LogP contribution in [0.4, 0.5) is 4.39 Å². The normalized spacial score (nSPS) is 11.5. The van der Waals surface area contributed by atoms with E-state index in [9.17, 15) is 17.6 Å². The van der Waals surface area contributed by atoms with Crippen molar-refractivity contribution in [3.05, 3.63) is 35.6 Å². The van der Waals surface area contributed by atoms with Crippen LogP contribution in [0.1, 0.15) is 12.0 Å². The molecule has 0 bridgehead atoms. The maximum Gasteiger partial charge on any atom is 0.157 e. The van der Waals surface area contributed by atoms with Crippen LogP contribution in [-0.2, 0) is 25.8 Å². The number of carbonyl (C=O) groups is 1. The van der Waals surface area contributed by atoms with Gasteiger partial charge in [0, 0.05) is 20.1 Å². The lowest BCUT2D eigenvalue weighted by molar-refractivity contribution is -0.116. The minimum absolute atomic E-state index is 0.0934. The number of sulfone groups is 1. The van der Waals surface area contributed by atoms with E-state index in [1.165, 1.54) is 25.3 Å². The van der Waals surface area contributed by atoms with Gasteiger partial charge >= 0.3 is 0 Å². The number of ketones is 1. The summed E-state index contributed by atoms with van der Waals surface area (Å²) in [6.45, 7) is 0.334. The third-order valence-electron chi connectivity index (χ3n) is 2.53. The van der Waals surface area contributed by atoms with Gasteiger partial charge in [-0.2, -0.15) is 0 Å². The number of benzene rings is 1. The van der Waals surface area contributed by atoms with Gasteiger partial charge in [0.15, 0.2) is 15.6 Å². The number of Topliss-reactive ketones (excluding diaryl/α,β-unsaturated/α-hetero) is 1. The second-order valence-electron chi connectivity index (χ2n) is 4.25. The minimum atomic E-state index is -3.44. The standard InChI is InChI=1S/C13H17FO4S/c1-18-7-4-8-19(16,17)10-12(15)9-11-5-2-3-6-13(11)14/h2-3,5-6H,4,7-10H2,1H3. The maximum atomic E-state index is 13.3. The van der Waals surface area contributed by atoms with Crippen molar-refractivity contribution in [2.24, 2.45) is 0 Å². The number of halogens is 1. The minimum Gasteiger partial charge on any atom is -0.385 e. The Hall–Kier alpha value is -1.27. The molecule has 0 aliphatic heterocycles. The van der Waals surface area contributed by atoms with E-state index >= 15 is 0 Å². The van der Waals surface area contributed by atoms with E-state index in [2.05, 4.69) is 0 Å². The van der Waals surface area contributed by atoms with Crippen molar-refractivity contribution in [3.63, 3.8) is 0 Å². The lowest BCUT2D eigenvalue weighted by Gasteiger charge is -2.04.